The Bertz CT molecular complexity index is 993. The van der Waals surface area contributed by atoms with Crippen LogP contribution in [-0.4, -0.2) is 24.6 Å². The molecule has 0 aliphatic rings. The molecule has 2 aromatic carbocycles. The summed E-state index contributed by atoms with van der Waals surface area (Å²) >= 11 is 6.26. The Morgan fingerprint density at radius 2 is 1.77 bits per heavy atom. The number of benzene rings is 2. The summed E-state index contributed by atoms with van der Waals surface area (Å²) in [7, 11) is -3.73. The van der Waals surface area contributed by atoms with Crippen LogP contribution >= 0.6 is 11.6 Å². The molecule has 1 heterocycles. The van der Waals surface area contributed by atoms with Crippen molar-refractivity contribution in [3.63, 3.8) is 0 Å². The maximum Gasteiger partial charge on any atom is 1.00 e. The third-order valence-electron chi connectivity index (χ3n) is 3.61. The van der Waals surface area contributed by atoms with E-state index in [1.54, 1.807) is 23.0 Å². The van der Waals surface area contributed by atoms with E-state index in [1.165, 1.54) is 12.1 Å². The van der Waals surface area contributed by atoms with Gasteiger partial charge in [0.2, 0.25) is 10.0 Å². The van der Waals surface area contributed by atoms with E-state index in [2.05, 4.69) is 4.98 Å². The number of hydrogen-bond donors (Lipinski definition) is 1. The molecule has 0 aliphatic heterocycles. The number of aromatic nitrogens is 2. The van der Waals surface area contributed by atoms with Crippen molar-refractivity contribution in [3.8, 4) is 22.7 Å². The van der Waals surface area contributed by atoms with E-state index in [9.17, 15) is 8.42 Å². The number of sulfonamides is 1. The summed E-state index contributed by atoms with van der Waals surface area (Å²) in [5.74, 6) is 0.769. The Morgan fingerprint density at radius 1 is 1.15 bits per heavy atom. The second-order valence-corrected chi connectivity index (χ2v) is 7.17. The summed E-state index contributed by atoms with van der Waals surface area (Å²) < 4.78 is 30.0. The number of halogens is 1. The molecule has 2 N–H and O–H groups in total. The SMILES string of the molecule is CCOc1ccc(-c2c(Cl)ncn2-c2ccc(S(N)(=O)=O)cc2)cc1.[H-].[Na+]. The van der Waals surface area contributed by atoms with E-state index in [4.69, 9.17) is 21.5 Å². The number of imidazole rings is 1. The van der Waals surface area contributed by atoms with Crippen molar-refractivity contribution in [1.29, 1.82) is 0 Å². The van der Waals surface area contributed by atoms with E-state index in [0.717, 1.165) is 17.0 Å². The topological polar surface area (TPSA) is 87.2 Å². The van der Waals surface area contributed by atoms with Gasteiger partial charge in [-0.3, -0.25) is 4.57 Å². The van der Waals surface area contributed by atoms with Gasteiger partial charge in [0.1, 0.15) is 12.1 Å². The second kappa shape index (κ2) is 8.56. The van der Waals surface area contributed by atoms with Gasteiger partial charge in [-0.1, -0.05) is 11.6 Å². The summed E-state index contributed by atoms with van der Waals surface area (Å²) in [5, 5.41) is 5.48. The Hall–Kier alpha value is -1.35. The molecule has 3 aromatic rings. The molecule has 132 valence electrons. The van der Waals surface area contributed by atoms with Gasteiger partial charge in [0, 0.05) is 11.3 Å². The van der Waals surface area contributed by atoms with Crippen LogP contribution in [0.15, 0.2) is 59.8 Å². The summed E-state index contributed by atoms with van der Waals surface area (Å²) in [6, 6.07) is 13.7. The molecule has 26 heavy (non-hydrogen) atoms. The molecule has 0 aliphatic carbocycles. The minimum atomic E-state index is -3.73. The van der Waals surface area contributed by atoms with Gasteiger partial charge in [-0.25, -0.2) is 18.5 Å². The van der Waals surface area contributed by atoms with Gasteiger partial charge in [0.05, 0.1) is 17.2 Å². The van der Waals surface area contributed by atoms with Crippen molar-refractivity contribution in [2.75, 3.05) is 6.61 Å². The third-order valence-corrected chi connectivity index (χ3v) is 4.81. The fourth-order valence-electron chi connectivity index (χ4n) is 2.45. The predicted molar refractivity (Wildman–Crippen MR) is 97.7 cm³/mol. The Balaban J connectivity index is 0.00000182. The fraction of sp³-hybridized carbons (Fsp3) is 0.118. The van der Waals surface area contributed by atoms with Crippen molar-refractivity contribution in [2.24, 2.45) is 5.14 Å². The van der Waals surface area contributed by atoms with E-state index >= 15 is 0 Å². The molecule has 0 atom stereocenters. The first-order chi connectivity index (χ1) is 11.9. The summed E-state index contributed by atoms with van der Waals surface area (Å²) in [5.41, 5.74) is 2.28. The largest absolute Gasteiger partial charge is 1.00 e. The molecule has 0 amide bonds. The molecule has 0 bridgehead atoms. The number of nitrogens with two attached hydrogens (primary N) is 1. The number of nitrogens with zero attached hydrogens (tertiary/aromatic N) is 2. The smallest absolute Gasteiger partial charge is 1.00 e. The number of primary sulfonamides is 1. The molecule has 0 spiro atoms. The quantitative estimate of drug-likeness (QED) is 0.625. The standard InChI is InChI=1S/C17H16ClN3O3S.Na.H/c1-2-24-14-7-3-12(4-8-14)16-17(18)20-11-21(16)13-5-9-15(10-6-13)25(19,22)23;;/h3-11H,2H2,1H3,(H2,19,22,23);;/q;+1;-1. The second-order valence-electron chi connectivity index (χ2n) is 5.25. The van der Waals surface area contributed by atoms with Crippen LogP contribution in [0.25, 0.3) is 16.9 Å². The van der Waals surface area contributed by atoms with Crippen LogP contribution in [0.4, 0.5) is 0 Å². The zero-order chi connectivity index (χ0) is 18.0. The average Bonchev–Trinajstić information content (AvgIpc) is 2.97. The van der Waals surface area contributed by atoms with E-state index < -0.39 is 10.0 Å². The van der Waals surface area contributed by atoms with Crippen LogP contribution in [-0.2, 0) is 10.0 Å². The number of ether oxygens (including phenoxy) is 1. The average molecular weight is 402 g/mol. The van der Waals surface area contributed by atoms with Crippen LogP contribution < -0.4 is 39.4 Å². The first-order valence-corrected chi connectivity index (χ1v) is 9.42. The Morgan fingerprint density at radius 3 is 2.31 bits per heavy atom. The maximum atomic E-state index is 11.4. The number of rotatable bonds is 5. The summed E-state index contributed by atoms with van der Waals surface area (Å²) in [4.78, 5) is 4.20. The van der Waals surface area contributed by atoms with E-state index in [-0.39, 0.29) is 35.9 Å². The minimum Gasteiger partial charge on any atom is -1.00 e. The van der Waals surface area contributed by atoms with Crippen molar-refractivity contribution in [1.82, 2.24) is 9.55 Å². The molecule has 0 unspecified atom stereocenters. The van der Waals surface area contributed by atoms with Gasteiger partial charge >= 0.3 is 29.6 Å². The molecule has 1 aromatic heterocycles. The van der Waals surface area contributed by atoms with Crippen LogP contribution in [0.5, 0.6) is 5.75 Å². The van der Waals surface area contributed by atoms with E-state index in [0.29, 0.717) is 17.5 Å². The predicted octanol–water partition coefficient (Wildman–Crippen LogP) is 0.355. The van der Waals surface area contributed by atoms with Gasteiger partial charge in [0.15, 0.2) is 5.15 Å². The van der Waals surface area contributed by atoms with E-state index in [1.807, 2.05) is 31.2 Å². The zero-order valence-corrected chi connectivity index (χ0v) is 18.0. The molecule has 0 fully saturated rings. The molecule has 3 rings (SSSR count). The van der Waals surface area contributed by atoms with Crippen molar-refractivity contribution < 1.29 is 44.1 Å². The number of hydrogen-bond acceptors (Lipinski definition) is 4. The maximum absolute atomic E-state index is 11.4. The van der Waals surface area contributed by atoms with Gasteiger partial charge in [-0.15, -0.1) is 0 Å². The molecule has 6 nitrogen and oxygen atoms in total. The van der Waals surface area contributed by atoms with Gasteiger partial charge < -0.3 is 6.16 Å². The molecular weight excluding hydrogens is 385 g/mol. The normalized spacial score (nSPS) is 11.0. The summed E-state index contributed by atoms with van der Waals surface area (Å²) in [6.45, 7) is 2.51. The fourth-order valence-corrected chi connectivity index (χ4v) is 3.21. The first kappa shape index (κ1) is 21.0. The minimum absolute atomic E-state index is 0. The van der Waals surface area contributed by atoms with Crippen molar-refractivity contribution in [2.45, 2.75) is 11.8 Å². The summed E-state index contributed by atoms with van der Waals surface area (Å²) in [6.07, 6.45) is 1.58. The van der Waals surface area contributed by atoms with Crippen molar-refractivity contribution >= 4 is 21.6 Å². The van der Waals surface area contributed by atoms with Gasteiger partial charge in [-0.05, 0) is 55.5 Å². The first-order valence-electron chi connectivity index (χ1n) is 7.49. The Labute approximate surface area is 180 Å². The molecule has 0 saturated carbocycles. The van der Waals surface area contributed by atoms with Crippen LogP contribution in [0.2, 0.25) is 5.15 Å². The van der Waals surface area contributed by atoms with Crippen LogP contribution in [0, 0.1) is 0 Å². The molecule has 9 heteroatoms. The van der Waals surface area contributed by atoms with Crippen molar-refractivity contribution in [3.05, 3.63) is 60.0 Å². The zero-order valence-electron chi connectivity index (χ0n) is 15.4. The Kier molecular flexibility index (Phi) is 6.90. The third kappa shape index (κ3) is 4.49. The monoisotopic (exact) mass is 401 g/mol. The van der Waals surface area contributed by atoms with Gasteiger partial charge in [-0.2, -0.15) is 0 Å². The molecular formula is C17H17ClN3NaO3S. The molecule has 0 radical (unpaired) electrons. The van der Waals surface area contributed by atoms with Crippen LogP contribution in [0.3, 0.4) is 0 Å². The molecule has 0 saturated heterocycles. The van der Waals surface area contributed by atoms with Gasteiger partial charge in [0.25, 0.3) is 0 Å². The van der Waals surface area contributed by atoms with Crippen LogP contribution in [0.1, 0.15) is 8.35 Å².